The monoisotopic (exact) mass is 306 g/mol. The highest BCUT2D eigenvalue weighted by Gasteiger charge is 2.31. The summed E-state index contributed by atoms with van der Waals surface area (Å²) in [4.78, 5) is 12.2. The predicted molar refractivity (Wildman–Crippen MR) is 76.7 cm³/mol. The van der Waals surface area contributed by atoms with Crippen molar-refractivity contribution in [1.29, 1.82) is 0 Å². The molecule has 0 amide bonds. The number of methoxy groups -OCH3 is 1. The molecule has 3 rings (SSSR count). The fourth-order valence-corrected chi connectivity index (χ4v) is 2.75. The zero-order valence-electron chi connectivity index (χ0n) is 11.2. The van der Waals surface area contributed by atoms with Crippen LogP contribution in [0.3, 0.4) is 0 Å². The minimum absolute atomic E-state index is 0.0938. The first-order valence-corrected chi connectivity index (χ1v) is 6.79. The van der Waals surface area contributed by atoms with Crippen molar-refractivity contribution in [3.8, 4) is 11.5 Å². The molecule has 0 spiro atoms. The predicted octanol–water partition coefficient (Wildman–Crippen LogP) is 4.19. The zero-order valence-corrected chi connectivity index (χ0v) is 12.0. The number of hydrogen-bond donors (Lipinski definition) is 0. The van der Waals surface area contributed by atoms with Gasteiger partial charge >= 0.3 is 0 Å². The summed E-state index contributed by atoms with van der Waals surface area (Å²) in [6, 6.07) is 9.15. The van der Waals surface area contributed by atoms with E-state index in [0.29, 0.717) is 22.1 Å². The molecule has 2 aromatic carbocycles. The molecule has 0 fully saturated rings. The SMILES string of the molecule is COc1cccc(Cl)c1C1CC(=O)c2cc(F)ccc2O1. The third-order valence-corrected chi connectivity index (χ3v) is 3.77. The summed E-state index contributed by atoms with van der Waals surface area (Å²) in [6.45, 7) is 0. The van der Waals surface area contributed by atoms with Gasteiger partial charge in [0.05, 0.1) is 29.7 Å². The number of carbonyl (C=O) groups excluding carboxylic acids is 1. The minimum Gasteiger partial charge on any atom is -0.496 e. The molecule has 0 saturated heterocycles. The van der Waals surface area contributed by atoms with Crippen LogP contribution in [-0.2, 0) is 0 Å². The Hall–Kier alpha value is -2.07. The summed E-state index contributed by atoms with van der Waals surface area (Å²) in [5, 5.41) is 0.470. The Balaban J connectivity index is 2.04. The molecule has 1 unspecified atom stereocenters. The van der Waals surface area contributed by atoms with Crippen molar-refractivity contribution in [3.63, 3.8) is 0 Å². The maximum Gasteiger partial charge on any atom is 0.170 e. The minimum atomic E-state index is -0.542. The highest BCUT2D eigenvalue weighted by Crippen LogP contribution is 2.41. The van der Waals surface area contributed by atoms with Gasteiger partial charge in [-0.1, -0.05) is 17.7 Å². The molecular formula is C16H12ClFO3. The second-order valence-corrected chi connectivity index (χ2v) is 5.14. The molecule has 0 saturated carbocycles. The second-order valence-electron chi connectivity index (χ2n) is 4.73. The molecule has 0 aliphatic carbocycles. The smallest absolute Gasteiger partial charge is 0.170 e. The Labute approximate surface area is 126 Å². The van der Waals surface area contributed by atoms with Crippen LogP contribution in [0, 0.1) is 5.82 Å². The largest absolute Gasteiger partial charge is 0.496 e. The van der Waals surface area contributed by atoms with Crippen LogP contribution >= 0.6 is 11.6 Å². The van der Waals surface area contributed by atoms with Crippen molar-refractivity contribution >= 4 is 17.4 Å². The Morgan fingerprint density at radius 3 is 2.90 bits per heavy atom. The van der Waals surface area contributed by atoms with E-state index in [9.17, 15) is 9.18 Å². The summed E-state index contributed by atoms with van der Waals surface area (Å²) in [5.41, 5.74) is 0.891. The van der Waals surface area contributed by atoms with Crippen molar-refractivity contribution < 1.29 is 18.7 Å². The van der Waals surface area contributed by atoms with E-state index in [1.165, 1.54) is 25.3 Å². The molecule has 2 aromatic rings. The van der Waals surface area contributed by atoms with Crippen molar-refractivity contribution in [1.82, 2.24) is 0 Å². The van der Waals surface area contributed by atoms with E-state index < -0.39 is 11.9 Å². The molecule has 0 aromatic heterocycles. The maximum atomic E-state index is 13.2. The summed E-state index contributed by atoms with van der Waals surface area (Å²) in [6.07, 6.45) is -0.449. The molecule has 1 heterocycles. The van der Waals surface area contributed by atoms with Gasteiger partial charge in [-0.25, -0.2) is 4.39 Å². The summed E-state index contributed by atoms with van der Waals surface area (Å²) in [5.74, 6) is 0.285. The number of rotatable bonds is 2. The first-order chi connectivity index (χ1) is 10.1. The zero-order chi connectivity index (χ0) is 15.0. The molecule has 5 heteroatoms. The van der Waals surface area contributed by atoms with Gasteiger partial charge in [0.25, 0.3) is 0 Å². The summed E-state index contributed by atoms with van der Waals surface area (Å²) >= 11 is 6.21. The highest BCUT2D eigenvalue weighted by molar-refractivity contribution is 6.31. The van der Waals surface area contributed by atoms with Gasteiger partial charge in [0.1, 0.15) is 23.4 Å². The Morgan fingerprint density at radius 2 is 2.14 bits per heavy atom. The molecular weight excluding hydrogens is 295 g/mol. The number of hydrogen-bond acceptors (Lipinski definition) is 3. The van der Waals surface area contributed by atoms with Gasteiger partial charge in [0, 0.05) is 0 Å². The Kier molecular flexibility index (Phi) is 3.55. The van der Waals surface area contributed by atoms with Crippen LogP contribution in [0.4, 0.5) is 4.39 Å². The molecule has 21 heavy (non-hydrogen) atoms. The van der Waals surface area contributed by atoms with Crippen LogP contribution in [0.2, 0.25) is 5.02 Å². The number of Topliss-reactive ketones (excluding diaryl/α,β-unsaturated/α-hetero) is 1. The van der Waals surface area contributed by atoms with Crippen LogP contribution in [0.25, 0.3) is 0 Å². The van der Waals surface area contributed by atoms with Gasteiger partial charge in [-0.3, -0.25) is 4.79 Å². The fraction of sp³-hybridized carbons (Fsp3) is 0.188. The van der Waals surface area contributed by atoms with Crippen molar-refractivity contribution in [2.24, 2.45) is 0 Å². The fourth-order valence-electron chi connectivity index (χ4n) is 2.46. The van der Waals surface area contributed by atoms with Crippen LogP contribution < -0.4 is 9.47 Å². The van der Waals surface area contributed by atoms with Gasteiger partial charge in [0.2, 0.25) is 0 Å². The van der Waals surface area contributed by atoms with Gasteiger partial charge in [0.15, 0.2) is 5.78 Å². The van der Waals surface area contributed by atoms with Crippen molar-refractivity contribution in [2.45, 2.75) is 12.5 Å². The van der Waals surface area contributed by atoms with Gasteiger partial charge in [-0.15, -0.1) is 0 Å². The topological polar surface area (TPSA) is 35.5 Å². The third kappa shape index (κ3) is 2.47. The summed E-state index contributed by atoms with van der Waals surface area (Å²) in [7, 11) is 1.53. The first kappa shape index (κ1) is 13.9. The lowest BCUT2D eigenvalue weighted by atomic mass is 9.95. The molecule has 1 aliphatic heterocycles. The molecule has 0 N–H and O–H groups in total. The third-order valence-electron chi connectivity index (χ3n) is 3.44. The van der Waals surface area contributed by atoms with Gasteiger partial charge < -0.3 is 9.47 Å². The molecule has 3 nitrogen and oxygen atoms in total. The maximum absolute atomic E-state index is 13.2. The normalized spacial score (nSPS) is 17.1. The standard InChI is InChI=1S/C16H12ClFO3/c1-20-14-4-2-3-11(17)16(14)15-8-12(19)10-7-9(18)5-6-13(10)21-15/h2-7,15H,8H2,1H3. The Bertz CT molecular complexity index is 715. The van der Waals surface area contributed by atoms with Crippen LogP contribution in [-0.4, -0.2) is 12.9 Å². The van der Waals surface area contributed by atoms with Gasteiger partial charge in [-0.2, -0.15) is 0 Å². The number of fused-ring (bicyclic) bond motifs is 1. The van der Waals surface area contributed by atoms with Gasteiger partial charge in [-0.05, 0) is 30.3 Å². The van der Waals surface area contributed by atoms with E-state index >= 15 is 0 Å². The number of benzene rings is 2. The average molecular weight is 307 g/mol. The summed E-state index contributed by atoms with van der Waals surface area (Å²) < 4.78 is 24.3. The van der Waals surface area contributed by atoms with Crippen molar-refractivity contribution in [3.05, 3.63) is 58.4 Å². The molecule has 108 valence electrons. The molecule has 0 radical (unpaired) electrons. The van der Waals surface area contributed by atoms with Crippen LogP contribution in [0.1, 0.15) is 28.4 Å². The second kappa shape index (κ2) is 5.37. The average Bonchev–Trinajstić information content (AvgIpc) is 2.47. The van der Waals surface area contributed by atoms with E-state index in [-0.39, 0.29) is 17.8 Å². The number of ether oxygens (including phenoxy) is 2. The number of carbonyl (C=O) groups is 1. The van der Waals surface area contributed by atoms with Crippen LogP contribution in [0.15, 0.2) is 36.4 Å². The van der Waals surface area contributed by atoms with E-state index in [1.807, 2.05) is 0 Å². The lowest BCUT2D eigenvalue weighted by Crippen LogP contribution is -2.21. The quantitative estimate of drug-likeness (QED) is 0.834. The van der Waals surface area contributed by atoms with E-state index in [4.69, 9.17) is 21.1 Å². The number of halogens is 2. The molecule has 1 aliphatic rings. The lowest BCUT2D eigenvalue weighted by molar-refractivity contribution is 0.0846. The number of ketones is 1. The van der Waals surface area contributed by atoms with E-state index in [0.717, 1.165) is 0 Å². The van der Waals surface area contributed by atoms with E-state index in [2.05, 4.69) is 0 Å². The van der Waals surface area contributed by atoms with Crippen LogP contribution in [0.5, 0.6) is 11.5 Å². The molecule has 0 bridgehead atoms. The molecule has 1 atom stereocenters. The lowest BCUT2D eigenvalue weighted by Gasteiger charge is -2.27. The first-order valence-electron chi connectivity index (χ1n) is 6.42. The van der Waals surface area contributed by atoms with E-state index in [1.54, 1.807) is 18.2 Å². The highest BCUT2D eigenvalue weighted by atomic mass is 35.5. The Morgan fingerprint density at radius 1 is 1.33 bits per heavy atom. The van der Waals surface area contributed by atoms with Crippen molar-refractivity contribution in [2.75, 3.05) is 7.11 Å².